The maximum Gasteiger partial charge on any atom is 0.341 e. The molecule has 3 rings (SSSR count). The van der Waals surface area contributed by atoms with E-state index in [4.69, 9.17) is 14.6 Å². The Morgan fingerprint density at radius 1 is 1.10 bits per heavy atom. The molecule has 0 aliphatic rings. The Bertz CT molecular complexity index is 1080. The van der Waals surface area contributed by atoms with Gasteiger partial charge < -0.3 is 14.6 Å². The molecule has 0 saturated heterocycles. The Morgan fingerprint density at radius 3 is 2.63 bits per heavy atom. The van der Waals surface area contributed by atoms with Crippen molar-refractivity contribution in [3.63, 3.8) is 0 Å². The average molecular weight is 407 g/mol. The van der Waals surface area contributed by atoms with Gasteiger partial charge in [0.1, 0.15) is 5.75 Å². The molecule has 3 aromatic rings. The average Bonchev–Trinajstić information content (AvgIpc) is 2.72. The molecule has 0 spiro atoms. The highest BCUT2D eigenvalue weighted by Gasteiger charge is 2.07. The van der Waals surface area contributed by atoms with Crippen molar-refractivity contribution < 1.29 is 23.8 Å². The Kier molecular flexibility index (Phi) is 6.80. The first-order valence-electron chi connectivity index (χ1n) is 9.48. The van der Waals surface area contributed by atoms with Crippen LogP contribution in [0.3, 0.4) is 0 Å². The SMILES string of the molecule is CCOc1ccc(-c2cccc(C=Nc3ccc(OCC(=O)O)c(F)c3)c2)c(C)c1. The third kappa shape index (κ3) is 5.44. The zero-order chi connectivity index (χ0) is 21.5. The number of halogens is 1. The summed E-state index contributed by atoms with van der Waals surface area (Å²) < 4.78 is 24.5. The maximum atomic E-state index is 14.0. The standard InChI is InChI=1S/C24H22FNO4/c1-3-29-20-8-9-21(16(2)11-20)18-6-4-5-17(12-18)14-26-19-7-10-23(22(25)13-19)30-15-24(27)28/h4-14H,3,15H2,1-2H3,(H,27,28). The third-order valence-electron chi connectivity index (χ3n) is 4.34. The number of benzene rings is 3. The van der Waals surface area contributed by atoms with Crippen molar-refractivity contribution in [1.29, 1.82) is 0 Å². The lowest BCUT2D eigenvalue weighted by molar-refractivity contribution is -0.139. The number of carboxylic acids is 1. The van der Waals surface area contributed by atoms with Crippen molar-refractivity contribution in [2.75, 3.05) is 13.2 Å². The third-order valence-corrected chi connectivity index (χ3v) is 4.34. The number of aryl methyl sites for hydroxylation is 1. The monoisotopic (exact) mass is 407 g/mol. The fourth-order valence-corrected chi connectivity index (χ4v) is 2.98. The van der Waals surface area contributed by atoms with Crippen LogP contribution in [0.5, 0.6) is 11.5 Å². The number of hydrogen-bond donors (Lipinski definition) is 1. The van der Waals surface area contributed by atoms with Crippen LogP contribution < -0.4 is 9.47 Å². The second-order valence-corrected chi connectivity index (χ2v) is 6.59. The van der Waals surface area contributed by atoms with Crippen molar-refractivity contribution in [2.24, 2.45) is 4.99 Å². The first kappa shape index (κ1) is 21.0. The van der Waals surface area contributed by atoms with Gasteiger partial charge in [-0.3, -0.25) is 4.99 Å². The zero-order valence-electron chi connectivity index (χ0n) is 16.8. The van der Waals surface area contributed by atoms with E-state index in [2.05, 4.69) is 4.99 Å². The van der Waals surface area contributed by atoms with Crippen LogP contribution in [0.25, 0.3) is 11.1 Å². The minimum atomic E-state index is -1.17. The molecule has 0 bridgehead atoms. The van der Waals surface area contributed by atoms with E-state index in [9.17, 15) is 9.18 Å². The summed E-state index contributed by atoms with van der Waals surface area (Å²) in [5.74, 6) is -1.11. The van der Waals surface area contributed by atoms with Crippen LogP contribution >= 0.6 is 0 Å². The van der Waals surface area contributed by atoms with Crippen LogP contribution in [-0.2, 0) is 4.79 Å². The lowest BCUT2D eigenvalue weighted by atomic mass is 9.99. The van der Waals surface area contributed by atoms with E-state index in [1.807, 2.05) is 56.3 Å². The molecule has 3 aromatic carbocycles. The van der Waals surface area contributed by atoms with Crippen molar-refractivity contribution in [3.05, 3.63) is 77.6 Å². The van der Waals surface area contributed by atoms with E-state index in [0.717, 1.165) is 28.0 Å². The minimum absolute atomic E-state index is 0.121. The molecule has 0 fully saturated rings. The highest BCUT2D eigenvalue weighted by molar-refractivity contribution is 5.85. The number of carbonyl (C=O) groups is 1. The molecular weight excluding hydrogens is 385 g/mol. The Hall–Kier alpha value is -3.67. The number of aliphatic carboxylic acids is 1. The molecule has 0 atom stereocenters. The lowest BCUT2D eigenvalue weighted by Crippen LogP contribution is -2.10. The van der Waals surface area contributed by atoms with E-state index >= 15 is 0 Å². The van der Waals surface area contributed by atoms with E-state index in [1.165, 1.54) is 12.1 Å². The fraction of sp³-hybridized carbons (Fsp3) is 0.167. The second kappa shape index (κ2) is 9.69. The quantitative estimate of drug-likeness (QED) is 0.507. The van der Waals surface area contributed by atoms with Gasteiger partial charge in [-0.1, -0.05) is 24.3 Å². The molecule has 0 unspecified atom stereocenters. The van der Waals surface area contributed by atoms with Gasteiger partial charge in [0.25, 0.3) is 0 Å². The van der Waals surface area contributed by atoms with Crippen LogP contribution in [0.1, 0.15) is 18.1 Å². The van der Waals surface area contributed by atoms with Gasteiger partial charge in [-0.05, 0) is 66.4 Å². The fourth-order valence-electron chi connectivity index (χ4n) is 2.98. The van der Waals surface area contributed by atoms with Gasteiger partial charge in [-0.15, -0.1) is 0 Å². The summed E-state index contributed by atoms with van der Waals surface area (Å²) in [6, 6.07) is 18.0. The van der Waals surface area contributed by atoms with Crippen molar-refractivity contribution in [2.45, 2.75) is 13.8 Å². The molecule has 0 aromatic heterocycles. The maximum absolute atomic E-state index is 14.0. The Labute approximate surface area is 174 Å². The molecule has 0 aliphatic heterocycles. The summed E-state index contributed by atoms with van der Waals surface area (Å²) in [4.78, 5) is 14.8. The van der Waals surface area contributed by atoms with Crippen LogP contribution in [0, 0.1) is 12.7 Å². The van der Waals surface area contributed by atoms with Crippen molar-refractivity contribution >= 4 is 17.9 Å². The Morgan fingerprint density at radius 2 is 1.93 bits per heavy atom. The molecule has 0 heterocycles. The summed E-state index contributed by atoms with van der Waals surface area (Å²) in [7, 11) is 0. The van der Waals surface area contributed by atoms with Crippen LogP contribution in [-0.4, -0.2) is 30.5 Å². The van der Waals surface area contributed by atoms with E-state index in [1.54, 1.807) is 12.3 Å². The summed E-state index contributed by atoms with van der Waals surface area (Å²) in [5.41, 5.74) is 4.52. The van der Waals surface area contributed by atoms with Crippen molar-refractivity contribution in [1.82, 2.24) is 0 Å². The zero-order valence-corrected chi connectivity index (χ0v) is 16.8. The van der Waals surface area contributed by atoms with Crippen LogP contribution in [0.15, 0.2) is 65.7 Å². The first-order chi connectivity index (χ1) is 14.5. The first-order valence-corrected chi connectivity index (χ1v) is 9.48. The largest absolute Gasteiger partial charge is 0.494 e. The molecule has 30 heavy (non-hydrogen) atoms. The summed E-state index contributed by atoms with van der Waals surface area (Å²) in [6.45, 7) is 4.01. The van der Waals surface area contributed by atoms with Gasteiger partial charge >= 0.3 is 5.97 Å². The number of ether oxygens (including phenoxy) is 2. The Balaban J connectivity index is 1.77. The molecule has 5 nitrogen and oxygen atoms in total. The van der Waals surface area contributed by atoms with Crippen LogP contribution in [0.2, 0.25) is 0 Å². The van der Waals surface area contributed by atoms with Gasteiger partial charge in [0.05, 0.1) is 12.3 Å². The van der Waals surface area contributed by atoms with Gasteiger partial charge in [0.2, 0.25) is 0 Å². The van der Waals surface area contributed by atoms with E-state index in [0.29, 0.717) is 12.3 Å². The molecule has 0 saturated carbocycles. The summed E-state index contributed by atoms with van der Waals surface area (Å²) in [6.07, 6.45) is 1.65. The predicted octanol–water partition coefficient (Wildman–Crippen LogP) is 5.41. The van der Waals surface area contributed by atoms with Gasteiger partial charge in [-0.25, -0.2) is 9.18 Å². The predicted molar refractivity (Wildman–Crippen MR) is 115 cm³/mol. The minimum Gasteiger partial charge on any atom is -0.494 e. The molecule has 1 N–H and O–H groups in total. The van der Waals surface area contributed by atoms with Gasteiger partial charge in [-0.2, -0.15) is 0 Å². The van der Waals surface area contributed by atoms with E-state index < -0.39 is 18.4 Å². The molecule has 154 valence electrons. The summed E-state index contributed by atoms with van der Waals surface area (Å²) in [5, 5.41) is 8.61. The normalized spacial score (nSPS) is 10.9. The number of nitrogens with zero attached hydrogens (tertiary/aromatic N) is 1. The number of rotatable bonds is 8. The molecule has 0 radical (unpaired) electrons. The number of aliphatic imine (C=N–C) groups is 1. The molecule has 6 heteroatoms. The second-order valence-electron chi connectivity index (χ2n) is 6.59. The lowest BCUT2D eigenvalue weighted by Gasteiger charge is -2.10. The van der Waals surface area contributed by atoms with Gasteiger partial charge in [0.15, 0.2) is 18.2 Å². The van der Waals surface area contributed by atoms with Crippen LogP contribution in [0.4, 0.5) is 10.1 Å². The number of carboxylic acid groups (broad SMARTS) is 1. The van der Waals surface area contributed by atoms with Gasteiger partial charge in [0, 0.05) is 12.3 Å². The highest BCUT2D eigenvalue weighted by Crippen LogP contribution is 2.28. The molecule has 0 aliphatic carbocycles. The van der Waals surface area contributed by atoms with E-state index in [-0.39, 0.29) is 5.75 Å². The molecule has 0 amide bonds. The van der Waals surface area contributed by atoms with Crippen molar-refractivity contribution in [3.8, 4) is 22.6 Å². The molecular formula is C24H22FNO4. The highest BCUT2D eigenvalue weighted by atomic mass is 19.1. The smallest absolute Gasteiger partial charge is 0.341 e. The summed E-state index contributed by atoms with van der Waals surface area (Å²) >= 11 is 0. The topological polar surface area (TPSA) is 68.1 Å². The number of hydrogen-bond acceptors (Lipinski definition) is 4.